The quantitative estimate of drug-likeness (QED) is 0.198. The molecule has 6 heteroatoms. The average molecular weight is 468 g/mol. The number of hydrogen-bond acceptors (Lipinski definition) is 5. The van der Waals surface area contributed by atoms with E-state index < -0.39 is 0 Å². The SMILES string of the molecule is Cc1cc([N+](=O)[O-])c2c(c1Oc1ccc(OCc3ccccc3)c(C=Cc3ccoc3)c1)CCC2. The lowest BCUT2D eigenvalue weighted by atomic mass is 10.0. The summed E-state index contributed by atoms with van der Waals surface area (Å²) in [6, 6.07) is 19.2. The van der Waals surface area contributed by atoms with Crippen LogP contribution in [0.1, 0.15) is 39.8 Å². The number of ether oxygens (including phenoxy) is 2. The second kappa shape index (κ2) is 9.89. The molecule has 0 spiro atoms. The monoisotopic (exact) mass is 467 g/mol. The van der Waals surface area contributed by atoms with Gasteiger partial charge in [0.05, 0.1) is 17.4 Å². The summed E-state index contributed by atoms with van der Waals surface area (Å²) in [7, 11) is 0. The summed E-state index contributed by atoms with van der Waals surface area (Å²) in [6.45, 7) is 2.31. The number of aryl methyl sites for hydroxylation is 1. The number of furan rings is 1. The van der Waals surface area contributed by atoms with Gasteiger partial charge < -0.3 is 13.9 Å². The molecule has 6 nitrogen and oxygen atoms in total. The molecule has 176 valence electrons. The zero-order chi connectivity index (χ0) is 24.2. The van der Waals surface area contributed by atoms with Crippen molar-refractivity contribution in [2.75, 3.05) is 0 Å². The van der Waals surface area contributed by atoms with E-state index in [1.165, 1.54) is 0 Å². The van der Waals surface area contributed by atoms with Crippen LogP contribution in [0.4, 0.5) is 5.69 Å². The molecule has 35 heavy (non-hydrogen) atoms. The first-order valence-corrected chi connectivity index (χ1v) is 11.6. The second-order valence-electron chi connectivity index (χ2n) is 8.58. The number of rotatable bonds is 8. The van der Waals surface area contributed by atoms with Crippen molar-refractivity contribution in [1.29, 1.82) is 0 Å². The van der Waals surface area contributed by atoms with Gasteiger partial charge in [-0.2, -0.15) is 0 Å². The maximum Gasteiger partial charge on any atom is 0.273 e. The highest BCUT2D eigenvalue weighted by atomic mass is 16.6. The van der Waals surface area contributed by atoms with Crippen molar-refractivity contribution in [3.63, 3.8) is 0 Å². The van der Waals surface area contributed by atoms with Gasteiger partial charge in [0, 0.05) is 28.3 Å². The molecule has 0 unspecified atom stereocenters. The van der Waals surface area contributed by atoms with Gasteiger partial charge in [-0.05, 0) is 61.6 Å². The zero-order valence-corrected chi connectivity index (χ0v) is 19.4. The third-order valence-corrected chi connectivity index (χ3v) is 6.15. The molecule has 3 aromatic carbocycles. The minimum absolute atomic E-state index is 0.191. The highest BCUT2D eigenvalue weighted by Gasteiger charge is 2.27. The van der Waals surface area contributed by atoms with E-state index in [-0.39, 0.29) is 10.6 Å². The summed E-state index contributed by atoms with van der Waals surface area (Å²) in [5.74, 6) is 2.09. The van der Waals surface area contributed by atoms with Gasteiger partial charge in [-0.1, -0.05) is 42.5 Å². The summed E-state index contributed by atoms with van der Waals surface area (Å²) in [6.07, 6.45) is 9.58. The maximum absolute atomic E-state index is 11.5. The van der Waals surface area contributed by atoms with E-state index in [0.717, 1.165) is 52.0 Å². The Balaban J connectivity index is 1.47. The van der Waals surface area contributed by atoms with Gasteiger partial charge in [0.2, 0.25) is 0 Å². The van der Waals surface area contributed by atoms with Crippen LogP contribution in [0, 0.1) is 17.0 Å². The Morgan fingerprint density at radius 3 is 2.63 bits per heavy atom. The maximum atomic E-state index is 11.5. The smallest absolute Gasteiger partial charge is 0.273 e. The third kappa shape index (κ3) is 4.96. The van der Waals surface area contributed by atoms with Crippen LogP contribution >= 0.6 is 0 Å². The van der Waals surface area contributed by atoms with Crippen LogP contribution in [0.3, 0.4) is 0 Å². The number of benzene rings is 3. The molecule has 5 rings (SSSR count). The Morgan fingerprint density at radius 2 is 1.86 bits per heavy atom. The van der Waals surface area contributed by atoms with E-state index in [4.69, 9.17) is 13.9 Å². The minimum atomic E-state index is -0.293. The second-order valence-corrected chi connectivity index (χ2v) is 8.58. The molecule has 0 saturated carbocycles. The van der Waals surface area contributed by atoms with Gasteiger partial charge in [-0.15, -0.1) is 0 Å². The van der Waals surface area contributed by atoms with Crippen molar-refractivity contribution >= 4 is 17.8 Å². The first kappa shape index (κ1) is 22.5. The summed E-state index contributed by atoms with van der Waals surface area (Å²) < 4.78 is 17.7. The van der Waals surface area contributed by atoms with Crippen LogP contribution in [-0.4, -0.2) is 4.92 Å². The molecule has 0 bridgehead atoms. The van der Waals surface area contributed by atoms with Crippen molar-refractivity contribution < 1.29 is 18.8 Å². The Labute approximate surface area is 203 Å². The number of fused-ring (bicyclic) bond motifs is 1. The van der Waals surface area contributed by atoms with E-state index in [1.807, 2.05) is 73.7 Å². The molecule has 4 aromatic rings. The predicted octanol–water partition coefficient (Wildman–Crippen LogP) is 7.53. The molecule has 1 aromatic heterocycles. The van der Waals surface area contributed by atoms with E-state index in [2.05, 4.69) is 0 Å². The lowest BCUT2D eigenvalue weighted by molar-refractivity contribution is -0.385. The van der Waals surface area contributed by atoms with Crippen LogP contribution in [0.25, 0.3) is 12.2 Å². The van der Waals surface area contributed by atoms with Gasteiger partial charge in [0.25, 0.3) is 5.69 Å². The molecule has 0 radical (unpaired) electrons. The molecule has 1 heterocycles. The Kier molecular flexibility index (Phi) is 6.35. The fourth-order valence-electron chi connectivity index (χ4n) is 4.44. The normalized spacial score (nSPS) is 12.6. The molecule has 1 aliphatic rings. The highest BCUT2D eigenvalue weighted by Crippen LogP contribution is 2.42. The van der Waals surface area contributed by atoms with Crippen molar-refractivity contribution in [2.24, 2.45) is 0 Å². The third-order valence-electron chi connectivity index (χ3n) is 6.15. The van der Waals surface area contributed by atoms with Crippen LogP contribution < -0.4 is 9.47 Å². The summed E-state index contributed by atoms with van der Waals surface area (Å²) in [5.41, 5.74) is 5.56. The molecule has 0 fully saturated rings. The van der Waals surface area contributed by atoms with Gasteiger partial charge in [0.1, 0.15) is 23.9 Å². The first-order valence-electron chi connectivity index (χ1n) is 11.6. The number of hydrogen-bond donors (Lipinski definition) is 0. The van der Waals surface area contributed by atoms with E-state index in [1.54, 1.807) is 18.6 Å². The Morgan fingerprint density at radius 1 is 1.03 bits per heavy atom. The van der Waals surface area contributed by atoms with Crippen LogP contribution in [0.2, 0.25) is 0 Å². The molecule has 0 amide bonds. The van der Waals surface area contributed by atoms with Crippen molar-refractivity contribution in [1.82, 2.24) is 0 Å². The zero-order valence-electron chi connectivity index (χ0n) is 19.4. The Bertz CT molecular complexity index is 1370. The molecule has 0 atom stereocenters. The fraction of sp³-hybridized carbons (Fsp3) is 0.172. The molecular formula is C29H25NO5. The van der Waals surface area contributed by atoms with E-state index in [0.29, 0.717) is 24.5 Å². The number of nitro groups is 1. The molecule has 0 aliphatic heterocycles. The topological polar surface area (TPSA) is 74.7 Å². The van der Waals surface area contributed by atoms with Crippen LogP contribution in [0.15, 0.2) is 77.6 Å². The number of nitro benzene ring substituents is 1. The van der Waals surface area contributed by atoms with Gasteiger partial charge in [-0.3, -0.25) is 10.1 Å². The van der Waals surface area contributed by atoms with E-state index in [9.17, 15) is 10.1 Å². The lowest BCUT2D eigenvalue weighted by Gasteiger charge is -2.16. The molecule has 1 aliphatic carbocycles. The molecule has 0 saturated heterocycles. The Hall–Kier alpha value is -4.32. The standard InChI is InChI=1S/C29H25NO5/c1-20-16-27(30(31)32)25-8-5-9-26(25)29(20)35-24-12-13-28(34-19-21-6-3-2-4-7-21)23(17-24)11-10-22-14-15-33-18-22/h2-4,6-7,10-18H,5,8-9,19H2,1H3. The van der Waals surface area contributed by atoms with Crippen molar-refractivity contribution in [3.05, 3.63) is 117 Å². The molecule has 0 N–H and O–H groups in total. The first-order chi connectivity index (χ1) is 17.1. The van der Waals surface area contributed by atoms with Crippen LogP contribution in [0.5, 0.6) is 17.2 Å². The summed E-state index contributed by atoms with van der Waals surface area (Å²) >= 11 is 0. The predicted molar refractivity (Wildman–Crippen MR) is 135 cm³/mol. The fourth-order valence-corrected chi connectivity index (χ4v) is 4.44. The largest absolute Gasteiger partial charge is 0.488 e. The van der Waals surface area contributed by atoms with E-state index >= 15 is 0 Å². The summed E-state index contributed by atoms with van der Waals surface area (Å²) in [4.78, 5) is 11.2. The number of nitrogens with zero attached hydrogens (tertiary/aromatic N) is 1. The lowest BCUT2D eigenvalue weighted by Crippen LogP contribution is -2.01. The van der Waals surface area contributed by atoms with Crippen LogP contribution in [-0.2, 0) is 19.4 Å². The molecular weight excluding hydrogens is 442 g/mol. The highest BCUT2D eigenvalue weighted by molar-refractivity contribution is 5.73. The van der Waals surface area contributed by atoms with Gasteiger partial charge >= 0.3 is 0 Å². The van der Waals surface area contributed by atoms with Crippen molar-refractivity contribution in [2.45, 2.75) is 32.8 Å². The van der Waals surface area contributed by atoms with Gasteiger partial charge in [-0.25, -0.2) is 0 Å². The van der Waals surface area contributed by atoms with Gasteiger partial charge in [0.15, 0.2) is 0 Å². The summed E-state index contributed by atoms with van der Waals surface area (Å²) in [5, 5.41) is 11.5. The van der Waals surface area contributed by atoms with Crippen molar-refractivity contribution in [3.8, 4) is 17.2 Å². The average Bonchev–Trinajstić information content (AvgIpc) is 3.56. The minimum Gasteiger partial charge on any atom is -0.488 e.